The van der Waals surface area contributed by atoms with Crippen LogP contribution in [0.15, 0.2) is 42.5 Å². The lowest BCUT2D eigenvalue weighted by atomic mass is 9.96. The molecule has 9 heteroatoms. The molecule has 2 aliphatic rings. The third-order valence-electron chi connectivity index (χ3n) is 5.77. The van der Waals surface area contributed by atoms with Gasteiger partial charge in [-0.3, -0.25) is 14.4 Å². The molecule has 2 aromatic carbocycles. The fourth-order valence-corrected chi connectivity index (χ4v) is 3.93. The highest BCUT2D eigenvalue weighted by Gasteiger charge is 2.30. The summed E-state index contributed by atoms with van der Waals surface area (Å²) in [6.07, 6.45) is 0.0631. The average Bonchev–Trinajstić information content (AvgIpc) is 3.30. The number of ether oxygens (including phenoxy) is 3. The molecule has 1 unspecified atom stereocenters. The third-order valence-corrected chi connectivity index (χ3v) is 6.02. The number of hydrogen-bond acceptors (Lipinski definition) is 6. The van der Waals surface area contributed by atoms with E-state index in [1.165, 1.54) is 0 Å². The molecule has 4 rings (SSSR count). The zero-order chi connectivity index (χ0) is 23.4. The van der Waals surface area contributed by atoms with Crippen LogP contribution in [0.4, 0.5) is 0 Å². The standard InChI is InChI=1S/C24H25ClN2O6/c1-15(22(28)26-13-16-2-7-20-21(12-16)32-14-31-20)33-24(30)18-8-10-27(11-9-18)23(29)17-3-5-19(25)6-4-17/h2-7,12,15,18H,8-11,13-14H2,1H3,(H,26,28). The predicted molar refractivity (Wildman–Crippen MR) is 120 cm³/mol. The Morgan fingerprint density at radius 2 is 1.79 bits per heavy atom. The summed E-state index contributed by atoms with van der Waals surface area (Å²) in [7, 11) is 0. The van der Waals surface area contributed by atoms with E-state index < -0.39 is 12.1 Å². The number of esters is 1. The van der Waals surface area contributed by atoms with Crippen molar-refractivity contribution in [2.75, 3.05) is 19.9 Å². The molecule has 2 amide bonds. The number of carbonyl (C=O) groups is 3. The Morgan fingerprint density at radius 3 is 2.52 bits per heavy atom. The Bertz CT molecular complexity index is 1030. The number of hydrogen-bond donors (Lipinski definition) is 1. The summed E-state index contributed by atoms with van der Waals surface area (Å²) >= 11 is 5.88. The highest BCUT2D eigenvalue weighted by molar-refractivity contribution is 6.30. The first-order valence-corrected chi connectivity index (χ1v) is 11.2. The Labute approximate surface area is 196 Å². The number of fused-ring (bicyclic) bond motifs is 1. The summed E-state index contributed by atoms with van der Waals surface area (Å²) in [5.41, 5.74) is 1.41. The van der Waals surface area contributed by atoms with E-state index in [-0.39, 0.29) is 31.1 Å². The van der Waals surface area contributed by atoms with E-state index in [1.54, 1.807) is 48.2 Å². The number of amides is 2. The van der Waals surface area contributed by atoms with Crippen molar-refractivity contribution in [3.8, 4) is 11.5 Å². The first kappa shape index (κ1) is 22.9. The van der Waals surface area contributed by atoms with Gasteiger partial charge in [-0.05, 0) is 61.7 Å². The Kier molecular flexibility index (Phi) is 7.03. The molecule has 0 saturated carbocycles. The summed E-state index contributed by atoms with van der Waals surface area (Å²) in [6, 6.07) is 12.2. The van der Waals surface area contributed by atoms with Crippen molar-refractivity contribution in [2.45, 2.75) is 32.4 Å². The Balaban J connectivity index is 1.21. The molecule has 1 saturated heterocycles. The van der Waals surface area contributed by atoms with Crippen LogP contribution < -0.4 is 14.8 Å². The highest BCUT2D eigenvalue weighted by Crippen LogP contribution is 2.32. The van der Waals surface area contributed by atoms with Crippen LogP contribution in [0, 0.1) is 5.92 Å². The molecule has 1 N–H and O–H groups in total. The lowest BCUT2D eigenvalue weighted by Gasteiger charge is -2.31. The second-order valence-corrected chi connectivity index (χ2v) is 8.49. The van der Waals surface area contributed by atoms with Crippen LogP contribution in [-0.4, -0.2) is 48.7 Å². The van der Waals surface area contributed by atoms with Crippen LogP contribution in [0.1, 0.15) is 35.7 Å². The van der Waals surface area contributed by atoms with Gasteiger partial charge in [-0.15, -0.1) is 0 Å². The van der Waals surface area contributed by atoms with E-state index in [0.29, 0.717) is 48.0 Å². The van der Waals surface area contributed by atoms with Crippen molar-refractivity contribution in [3.05, 3.63) is 58.6 Å². The van der Waals surface area contributed by atoms with E-state index in [0.717, 1.165) is 5.56 Å². The van der Waals surface area contributed by atoms with Crippen molar-refractivity contribution >= 4 is 29.4 Å². The lowest BCUT2D eigenvalue weighted by Crippen LogP contribution is -2.42. The maximum atomic E-state index is 12.6. The van der Waals surface area contributed by atoms with Crippen molar-refractivity contribution in [2.24, 2.45) is 5.92 Å². The van der Waals surface area contributed by atoms with E-state index in [4.69, 9.17) is 25.8 Å². The summed E-state index contributed by atoms with van der Waals surface area (Å²) in [5.74, 6) is 0.0872. The van der Waals surface area contributed by atoms with Gasteiger partial charge in [0.2, 0.25) is 6.79 Å². The molecule has 0 aromatic heterocycles. The van der Waals surface area contributed by atoms with Crippen LogP contribution in [0.3, 0.4) is 0 Å². The number of piperidine rings is 1. The molecule has 2 heterocycles. The van der Waals surface area contributed by atoms with Crippen molar-refractivity contribution in [1.82, 2.24) is 10.2 Å². The van der Waals surface area contributed by atoms with Crippen LogP contribution in [0.25, 0.3) is 0 Å². The number of carbonyl (C=O) groups excluding carboxylic acids is 3. The largest absolute Gasteiger partial charge is 0.454 e. The average molecular weight is 473 g/mol. The van der Waals surface area contributed by atoms with Gasteiger partial charge in [0.25, 0.3) is 11.8 Å². The molecule has 1 atom stereocenters. The maximum Gasteiger partial charge on any atom is 0.309 e. The molecule has 33 heavy (non-hydrogen) atoms. The van der Waals surface area contributed by atoms with Crippen LogP contribution in [0.2, 0.25) is 5.02 Å². The van der Waals surface area contributed by atoms with Crippen LogP contribution >= 0.6 is 11.6 Å². The van der Waals surface area contributed by atoms with E-state index >= 15 is 0 Å². The third kappa shape index (κ3) is 5.57. The molecule has 0 aliphatic carbocycles. The van der Waals surface area contributed by atoms with Gasteiger partial charge < -0.3 is 24.4 Å². The van der Waals surface area contributed by atoms with Gasteiger partial charge in [0, 0.05) is 30.2 Å². The minimum Gasteiger partial charge on any atom is -0.454 e. The number of benzene rings is 2. The zero-order valence-corrected chi connectivity index (χ0v) is 19.0. The van der Waals surface area contributed by atoms with E-state index in [1.807, 2.05) is 6.07 Å². The van der Waals surface area contributed by atoms with Crippen LogP contribution in [0.5, 0.6) is 11.5 Å². The summed E-state index contributed by atoms with van der Waals surface area (Å²) < 4.78 is 16.0. The van der Waals surface area contributed by atoms with E-state index in [2.05, 4.69) is 5.32 Å². The molecular weight excluding hydrogens is 448 g/mol. The molecule has 1 fully saturated rings. The quantitative estimate of drug-likeness (QED) is 0.649. The summed E-state index contributed by atoms with van der Waals surface area (Å²) in [4.78, 5) is 39.3. The van der Waals surface area contributed by atoms with Crippen molar-refractivity contribution < 1.29 is 28.6 Å². The van der Waals surface area contributed by atoms with Gasteiger partial charge >= 0.3 is 5.97 Å². The highest BCUT2D eigenvalue weighted by atomic mass is 35.5. The Hall–Kier alpha value is -3.26. The number of nitrogens with one attached hydrogen (secondary N) is 1. The molecule has 2 aromatic rings. The van der Waals surface area contributed by atoms with Crippen LogP contribution in [-0.2, 0) is 20.9 Å². The number of halogens is 1. The molecule has 0 spiro atoms. The minimum absolute atomic E-state index is 0.0882. The summed E-state index contributed by atoms with van der Waals surface area (Å²) in [6.45, 7) is 2.92. The lowest BCUT2D eigenvalue weighted by molar-refractivity contribution is -0.160. The smallest absolute Gasteiger partial charge is 0.309 e. The second kappa shape index (κ2) is 10.1. The molecule has 2 aliphatic heterocycles. The Morgan fingerprint density at radius 1 is 1.09 bits per heavy atom. The van der Waals surface area contributed by atoms with Gasteiger partial charge in [-0.2, -0.15) is 0 Å². The van der Waals surface area contributed by atoms with Gasteiger partial charge in [0.05, 0.1) is 5.92 Å². The molecule has 8 nitrogen and oxygen atoms in total. The molecule has 0 bridgehead atoms. The minimum atomic E-state index is -0.916. The monoisotopic (exact) mass is 472 g/mol. The molecule has 0 radical (unpaired) electrons. The number of likely N-dealkylation sites (tertiary alicyclic amines) is 1. The van der Waals surface area contributed by atoms with Gasteiger partial charge in [0.15, 0.2) is 17.6 Å². The van der Waals surface area contributed by atoms with Gasteiger partial charge in [-0.1, -0.05) is 17.7 Å². The molecule has 174 valence electrons. The van der Waals surface area contributed by atoms with Gasteiger partial charge in [-0.25, -0.2) is 0 Å². The first-order valence-electron chi connectivity index (χ1n) is 10.8. The fourth-order valence-electron chi connectivity index (χ4n) is 3.80. The van der Waals surface area contributed by atoms with Crippen molar-refractivity contribution in [1.29, 1.82) is 0 Å². The normalized spacial score (nSPS) is 16.2. The molecular formula is C24H25ClN2O6. The first-order chi connectivity index (χ1) is 15.9. The van der Waals surface area contributed by atoms with Gasteiger partial charge in [0.1, 0.15) is 0 Å². The fraction of sp³-hybridized carbons (Fsp3) is 0.375. The maximum absolute atomic E-state index is 12.6. The topological polar surface area (TPSA) is 94.2 Å². The summed E-state index contributed by atoms with van der Waals surface area (Å²) in [5, 5.41) is 3.34. The second-order valence-electron chi connectivity index (χ2n) is 8.06. The van der Waals surface area contributed by atoms with E-state index in [9.17, 15) is 14.4 Å². The number of nitrogens with zero attached hydrogens (tertiary/aromatic N) is 1. The SMILES string of the molecule is CC(OC(=O)C1CCN(C(=O)c2ccc(Cl)cc2)CC1)C(=O)NCc1ccc2c(c1)OCO2. The van der Waals surface area contributed by atoms with Crippen molar-refractivity contribution in [3.63, 3.8) is 0 Å². The zero-order valence-electron chi connectivity index (χ0n) is 18.2. The predicted octanol–water partition coefficient (Wildman–Crippen LogP) is 3.17. The number of rotatable bonds is 6.